The molecule has 1 aromatic rings. The summed E-state index contributed by atoms with van der Waals surface area (Å²) in [6.45, 7) is 10.4. The highest BCUT2D eigenvalue weighted by molar-refractivity contribution is 5.78. The number of carbonyl (C=O) groups excluding carboxylic acids is 1. The van der Waals surface area contributed by atoms with Gasteiger partial charge in [0.15, 0.2) is 11.6 Å². The Labute approximate surface area is 181 Å². The van der Waals surface area contributed by atoms with Crippen LogP contribution in [0.2, 0.25) is 0 Å². The summed E-state index contributed by atoms with van der Waals surface area (Å²) in [5.74, 6) is 3.25. The zero-order valence-corrected chi connectivity index (χ0v) is 18.7. The molecule has 6 heteroatoms. The van der Waals surface area contributed by atoms with Gasteiger partial charge in [-0.05, 0) is 57.1 Å². The van der Waals surface area contributed by atoms with Crippen LogP contribution in [-0.2, 0) is 11.2 Å². The fourth-order valence-corrected chi connectivity index (χ4v) is 4.99. The highest BCUT2D eigenvalue weighted by Gasteiger charge is 2.27. The van der Waals surface area contributed by atoms with E-state index in [-0.39, 0.29) is 11.8 Å². The van der Waals surface area contributed by atoms with Gasteiger partial charge >= 0.3 is 0 Å². The molecule has 2 aliphatic heterocycles. The van der Waals surface area contributed by atoms with Crippen molar-refractivity contribution in [1.82, 2.24) is 15.2 Å². The average molecular weight is 415 g/mol. The van der Waals surface area contributed by atoms with Gasteiger partial charge in [-0.2, -0.15) is 0 Å². The van der Waals surface area contributed by atoms with E-state index in [1.165, 1.54) is 31.4 Å². The number of piperazine rings is 1. The standard InChI is InChI=1S/C24H38N4O2/c1-3-18(2)24(29)26-21-6-4-19(5-7-21)9-12-27-13-15-28(16-14-27)23-22-20(8-11-25-23)10-17-30-22/h8,11,18-19,21H,3-7,9-10,12-17H2,1-2H3,(H,26,29)/t18-,19?,21?/m0/s1. The number of rotatable bonds is 7. The van der Waals surface area contributed by atoms with Gasteiger partial charge in [0.2, 0.25) is 5.91 Å². The molecule has 1 aromatic heterocycles. The molecule has 0 unspecified atom stereocenters. The topological polar surface area (TPSA) is 57.7 Å². The molecule has 0 aromatic carbocycles. The number of fused-ring (bicyclic) bond motifs is 1. The summed E-state index contributed by atoms with van der Waals surface area (Å²) in [5.41, 5.74) is 1.30. The highest BCUT2D eigenvalue weighted by atomic mass is 16.5. The largest absolute Gasteiger partial charge is 0.489 e. The van der Waals surface area contributed by atoms with Crippen molar-refractivity contribution in [2.45, 2.75) is 64.8 Å². The molecule has 6 nitrogen and oxygen atoms in total. The number of hydrogen-bond donors (Lipinski definition) is 1. The van der Waals surface area contributed by atoms with Crippen molar-refractivity contribution < 1.29 is 9.53 Å². The predicted molar refractivity (Wildman–Crippen MR) is 120 cm³/mol. The van der Waals surface area contributed by atoms with E-state index in [1.807, 2.05) is 13.1 Å². The van der Waals surface area contributed by atoms with Crippen molar-refractivity contribution in [3.8, 4) is 5.75 Å². The Hall–Kier alpha value is -1.82. The molecule has 3 aliphatic rings. The average Bonchev–Trinajstić information content (AvgIpc) is 3.27. The van der Waals surface area contributed by atoms with E-state index in [9.17, 15) is 4.79 Å². The maximum atomic E-state index is 12.1. The summed E-state index contributed by atoms with van der Waals surface area (Å²) < 4.78 is 5.84. The maximum absolute atomic E-state index is 12.1. The van der Waals surface area contributed by atoms with Crippen LogP contribution in [0.15, 0.2) is 12.3 Å². The molecular formula is C24H38N4O2. The Kier molecular flexibility index (Phi) is 7.13. The van der Waals surface area contributed by atoms with Crippen molar-refractivity contribution in [3.05, 3.63) is 17.8 Å². The Balaban J connectivity index is 1.16. The lowest BCUT2D eigenvalue weighted by atomic mass is 9.83. The van der Waals surface area contributed by atoms with Crippen LogP contribution >= 0.6 is 0 Å². The predicted octanol–water partition coefficient (Wildman–Crippen LogP) is 3.25. The minimum Gasteiger partial charge on any atom is -0.489 e. The van der Waals surface area contributed by atoms with Crippen molar-refractivity contribution in [1.29, 1.82) is 0 Å². The Morgan fingerprint density at radius 2 is 2.00 bits per heavy atom. The van der Waals surface area contributed by atoms with Crippen LogP contribution in [0.3, 0.4) is 0 Å². The Morgan fingerprint density at radius 1 is 1.23 bits per heavy atom. The van der Waals surface area contributed by atoms with Gasteiger partial charge in [-0.25, -0.2) is 4.98 Å². The maximum Gasteiger partial charge on any atom is 0.223 e. The molecule has 30 heavy (non-hydrogen) atoms. The van der Waals surface area contributed by atoms with E-state index in [0.717, 1.165) is 76.0 Å². The number of nitrogens with zero attached hydrogens (tertiary/aromatic N) is 3. The molecule has 0 bridgehead atoms. The van der Waals surface area contributed by atoms with Gasteiger partial charge in [0, 0.05) is 56.3 Å². The second-order valence-electron chi connectivity index (χ2n) is 9.37. The van der Waals surface area contributed by atoms with E-state index in [4.69, 9.17) is 4.74 Å². The molecule has 1 saturated carbocycles. The van der Waals surface area contributed by atoms with Gasteiger partial charge in [0.25, 0.3) is 0 Å². The normalized spacial score (nSPS) is 25.5. The van der Waals surface area contributed by atoms with Crippen LogP contribution in [0.5, 0.6) is 5.75 Å². The first-order chi connectivity index (χ1) is 14.6. The number of aromatic nitrogens is 1. The summed E-state index contributed by atoms with van der Waals surface area (Å²) >= 11 is 0. The molecule has 0 radical (unpaired) electrons. The van der Waals surface area contributed by atoms with Gasteiger partial charge in [-0.3, -0.25) is 9.69 Å². The molecule has 4 rings (SSSR count). The molecule has 1 amide bonds. The first-order valence-electron chi connectivity index (χ1n) is 12.0. The van der Waals surface area contributed by atoms with Crippen LogP contribution in [0, 0.1) is 11.8 Å². The third-order valence-corrected chi connectivity index (χ3v) is 7.36. The summed E-state index contributed by atoms with van der Waals surface area (Å²) in [6.07, 6.45) is 9.94. The van der Waals surface area contributed by atoms with Crippen molar-refractivity contribution in [2.24, 2.45) is 11.8 Å². The van der Waals surface area contributed by atoms with Gasteiger partial charge < -0.3 is 15.0 Å². The van der Waals surface area contributed by atoms with E-state index in [2.05, 4.69) is 33.1 Å². The van der Waals surface area contributed by atoms with Crippen LogP contribution in [0.4, 0.5) is 5.82 Å². The lowest BCUT2D eigenvalue weighted by Crippen LogP contribution is -2.47. The first-order valence-corrected chi connectivity index (χ1v) is 12.0. The van der Waals surface area contributed by atoms with Gasteiger partial charge in [-0.15, -0.1) is 0 Å². The highest BCUT2D eigenvalue weighted by Crippen LogP contribution is 2.34. The number of nitrogens with one attached hydrogen (secondary N) is 1. The second kappa shape index (κ2) is 9.99. The van der Waals surface area contributed by atoms with Crippen LogP contribution in [0.1, 0.15) is 57.9 Å². The lowest BCUT2D eigenvalue weighted by molar-refractivity contribution is -0.125. The lowest BCUT2D eigenvalue weighted by Gasteiger charge is -2.37. The van der Waals surface area contributed by atoms with Crippen LogP contribution in [0.25, 0.3) is 0 Å². The van der Waals surface area contributed by atoms with E-state index < -0.39 is 0 Å². The molecule has 2 fully saturated rings. The molecule has 1 N–H and O–H groups in total. The fraction of sp³-hybridized carbons (Fsp3) is 0.750. The smallest absolute Gasteiger partial charge is 0.223 e. The van der Waals surface area contributed by atoms with Crippen molar-refractivity contribution in [2.75, 3.05) is 44.2 Å². The summed E-state index contributed by atoms with van der Waals surface area (Å²) in [7, 11) is 0. The molecule has 0 spiro atoms. The first kappa shape index (κ1) is 21.4. The van der Waals surface area contributed by atoms with Gasteiger partial charge in [-0.1, -0.05) is 13.8 Å². The Morgan fingerprint density at radius 3 is 2.73 bits per heavy atom. The van der Waals surface area contributed by atoms with Crippen molar-refractivity contribution >= 4 is 11.7 Å². The fourth-order valence-electron chi connectivity index (χ4n) is 4.99. The minimum atomic E-state index is 0.139. The molecule has 1 aliphatic carbocycles. The van der Waals surface area contributed by atoms with Gasteiger partial charge in [0.1, 0.15) is 0 Å². The minimum absolute atomic E-state index is 0.139. The zero-order valence-electron chi connectivity index (χ0n) is 18.7. The monoisotopic (exact) mass is 414 g/mol. The number of amides is 1. The van der Waals surface area contributed by atoms with E-state index in [0.29, 0.717) is 6.04 Å². The van der Waals surface area contributed by atoms with Crippen LogP contribution in [-0.4, -0.2) is 61.2 Å². The number of carbonyl (C=O) groups is 1. The number of pyridine rings is 1. The summed E-state index contributed by atoms with van der Waals surface area (Å²) in [6, 6.07) is 2.49. The van der Waals surface area contributed by atoms with Crippen molar-refractivity contribution in [3.63, 3.8) is 0 Å². The third kappa shape index (κ3) is 5.08. The molecular weight excluding hydrogens is 376 g/mol. The van der Waals surface area contributed by atoms with Gasteiger partial charge in [0.05, 0.1) is 6.61 Å². The van der Waals surface area contributed by atoms with E-state index >= 15 is 0 Å². The molecule has 166 valence electrons. The quantitative estimate of drug-likeness (QED) is 0.742. The third-order valence-electron chi connectivity index (χ3n) is 7.36. The summed E-state index contributed by atoms with van der Waals surface area (Å²) in [4.78, 5) is 21.7. The molecule has 1 atom stereocenters. The second-order valence-corrected chi connectivity index (χ2v) is 9.37. The molecule has 3 heterocycles. The van der Waals surface area contributed by atoms with E-state index in [1.54, 1.807) is 0 Å². The summed E-state index contributed by atoms with van der Waals surface area (Å²) in [5, 5.41) is 3.26. The Bertz CT molecular complexity index is 709. The van der Waals surface area contributed by atoms with Crippen LogP contribution < -0.4 is 15.0 Å². The zero-order chi connectivity index (χ0) is 20.9. The molecule has 1 saturated heterocycles. The SMILES string of the molecule is CC[C@H](C)C(=O)NC1CCC(CCN2CCN(c3nccc4c3OCC4)CC2)CC1. The number of anilines is 1. The number of hydrogen-bond acceptors (Lipinski definition) is 5. The number of ether oxygens (including phenoxy) is 1.